The fraction of sp³-hybridized carbons (Fsp3) is 0.333. The van der Waals surface area contributed by atoms with Gasteiger partial charge in [-0.2, -0.15) is 0 Å². The first-order valence-corrected chi connectivity index (χ1v) is 13.6. The molecule has 0 saturated heterocycles. The summed E-state index contributed by atoms with van der Waals surface area (Å²) in [5, 5.41) is 6.10. The number of urea groups is 1. The summed E-state index contributed by atoms with van der Waals surface area (Å²) in [6.07, 6.45) is 1.50. The number of thiophene rings is 1. The molecule has 1 aliphatic rings. The van der Waals surface area contributed by atoms with E-state index in [1.54, 1.807) is 52.6 Å². The van der Waals surface area contributed by atoms with E-state index in [9.17, 15) is 9.59 Å². The Bertz CT molecular complexity index is 1200. The van der Waals surface area contributed by atoms with Crippen molar-refractivity contribution in [1.82, 2.24) is 9.80 Å². The molecule has 2 atom stereocenters. The van der Waals surface area contributed by atoms with E-state index in [4.69, 9.17) is 27.9 Å². The van der Waals surface area contributed by atoms with Gasteiger partial charge < -0.3 is 19.9 Å². The lowest BCUT2D eigenvalue weighted by atomic mass is 10.00. The molecule has 1 N–H and O–H groups in total. The maximum Gasteiger partial charge on any atom is 0.322 e. The van der Waals surface area contributed by atoms with Gasteiger partial charge in [-0.05, 0) is 79.2 Å². The van der Waals surface area contributed by atoms with Gasteiger partial charge in [0.2, 0.25) is 5.91 Å². The van der Waals surface area contributed by atoms with Crippen LogP contribution in [0.5, 0.6) is 5.75 Å². The molecule has 4 rings (SSSR count). The molecule has 2 aromatic carbocycles. The molecule has 3 amide bonds. The molecule has 0 saturated carbocycles. The lowest BCUT2D eigenvalue weighted by Crippen LogP contribution is -2.50. The first kappa shape index (κ1) is 26.3. The Balaban J connectivity index is 1.50. The number of anilines is 1. The van der Waals surface area contributed by atoms with Crippen LogP contribution in [0.1, 0.15) is 36.8 Å². The fourth-order valence-corrected chi connectivity index (χ4v) is 5.47. The molecule has 0 bridgehead atoms. The molecule has 0 radical (unpaired) electrons. The number of nitrogens with one attached hydrogen (secondary N) is 1. The number of amides is 3. The number of carbonyl (C=O) groups is 2. The number of rotatable bonds is 8. The van der Waals surface area contributed by atoms with Crippen LogP contribution in [0.4, 0.5) is 10.5 Å². The van der Waals surface area contributed by atoms with Crippen LogP contribution in [0.25, 0.3) is 0 Å². The van der Waals surface area contributed by atoms with Gasteiger partial charge in [-0.3, -0.25) is 4.79 Å². The van der Waals surface area contributed by atoms with Crippen molar-refractivity contribution in [3.63, 3.8) is 0 Å². The Labute approximate surface area is 225 Å². The summed E-state index contributed by atoms with van der Waals surface area (Å²) in [4.78, 5) is 31.5. The predicted molar refractivity (Wildman–Crippen MR) is 146 cm³/mol. The molecule has 1 aliphatic heterocycles. The van der Waals surface area contributed by atoms with Crippen molar-refractivity contribution in [3.8, 4) is 5.75 Å². The number of hydrogen-bond donors (Lipinski definition) is 1. The highest BCUT2D eigenvalue weighted by Gasteiger charge is 2.34. The van der Waals surface area contributed by atoms with Gasteiger partial charge in [0.25, 0.3) is 0 Å². The van der Waals surface area contributed by atoms with E-state index in [-0.39, 0.29) is 30.6 Å². The molecule has 36 heavy (non-hydrogen) atoms. The van der Waals surface area contributed by atoms with Crippen molar-refractivity contribution in [2.75, 3.05) is 25.0 Å². The molecule has 0 unspecified atom stereocenters. The van der Waals surface area contributed by atoms with Crippen LogP contribution in [0.2, 0.25) is 10.0 Å². The van der Waals surface area contributed by atoms with Crippen LogP contribution in [0, 0.1) is 0 Å². The minimum atomic E-state index is -0.331. The number of carbonyl (C=O) groups excluding carboxylic acids is 2. The quantitative estimate of drug-likeness (QED) is 0.335. The smallest absolute Gasteiger partial charge is 0.322 e. The highest BCUT2D eigenvalue weighted by atomic mass is 35.5. The summed E-state index contributed by atoms with van der Waals surface area (Å²) < 4.78 is 6.07. The van der Waals surface area contributed by atoms with E-state index in [2.05, 4.69) is 16.8 Å². The summed E-state index contributed by atoms with van der Waals surface area (Å²) >= 11 is 13.8. The third-order valence-corrected chi connectivity index (χ3v) is 7.89. The SMILES string of the molecule is CC[C@@H](C)N(CC(=O)N1CCc2sccc2[C@@H]1COc1ccc(Cl)cc1)C(=O)Nc1cccc(Cl)c1. The standard InChI is InChI=1S/C27H29Cl2N3O3S/c1-3-18(2)32(27(34)30-21-6-4-5-20(29)15-21)16-26(33)31-13-11-25-23(12-14-36-25)24(31)17-35-22-9-7-19(28)8-10-22/h4-10,12,14-15,18,24H,3,11,13,16-17H2,1-2H3,(H,30,34)/t18-,24+/m1/s1. The van der Waals surface area contributed by atoms with Gasteiger partial charge in [0.15, 0.2) is 0 Å². The Kier molecular flexibility index (Phi) is 8.77. The Morgan fingerprint density at radius 2 is 1.94 bits per heavy atom. The number of fused-ring (bicyclic) bond motifs is 1. The van der Waals surface area contributed by atoms with Crippen LogP contribution in [-0.2, 0) is 11.2 Å². The van der Waals surface area contributed by atoms with E-state index in [1.165, 1.54) is 4.88 Å². The Hall–Kier alpha value is -2.74. The third-order valence-electron chi connectivity index (χ3n) is 6.40. The van der Waals surface area contributed by atoms with Crippen LogP contribution in [0.3, 0.4) is 0 Å². The van der Waals surface area contributed by atoms with Crippen LogP contribution in [-0.4, -0.2) is 47.5 Å². The average Bonchev–Trinajstić information content (AvgIpc) is 3.35. The van der Waals surface area contributed by atoms with Crippen molar-refractivity contribution in [3.05, 3.63) is 80.5 Å². The topological polar surface area (TPSA) is 61.9 Å². The third kappa shape index (κ3) is 6.33. The van der Waals surface area contributed by atoms with Crippen LogP contribution in [0.15, 0.2) is 60.0 Å². The molecule has 0 spiro atoms. The second kappa shape index (κ2) is 12.0. The normalized spacial score (nSPS) is 15.7. The summed E-state index contributed by atoms with van der Waals surface area (Å²) in [5.74, 6) is 0.578. The Morgan fingerprint density at radius 1 is 1.17 bits per heavy atom. The number of nitrogens with zero attached hydrogens (tertiary/aromatic N) is 2. The largest absolute Gasteiger partial charge is 0.491 e. The first-order valence-electron chi connectivity index (χ1n) is 11.9. The fourth-order valence-electron chi connectivity index (χ4n) is 4.23. The summed E-state index contributed by atoms with van der Waals surface area (Å²) in [5.41, 5.74) is 1.69. The molecule has 2 heterocycles. The van der Waals surface area contributed by atoms with E-state index < -0.39 is 0 Å². The first-order chi connectivity index (χ1) is 17.4. The summed E-state index contributed by atoms with van der Waals surface area (Å²) in [6, 6.07) is 15.5. The molecule has 1 aromatic heterocycles. The molecule has 0 fully saturated rings. The minimum Gasteiger partial charge on any atom is -0.491 e. The summed E-state index contributed by atoms with van der Waals surface area (Å²) in [6.45, 7) is 4.80. The Morgan fingerprint density at radius 3 is 2.67 bits per heavy atom. The highest BCUT2D eigenvalue weighted by molar-refractivity contribution is 7.10. The van der Waals surface area contributed by atoms with E-state index >= 15 is 0 Å². The number of halogens is 2. The van der Waals surface area contributed by atoms with Crippen molar-refractivity contribution in [2.45, 2.75) is 38.8 Å². The number of hydrogen-bond acceptors (Lipinski definition) is 4. The predicted octanol–water partition coefficient (Wildman–Crippen LogP) is 6.89. The maximum absolute atomic E-state index is 13.7. The zero-order chi connectivity index (χ0) is 25.7. The molecule has 190 valence electrons. The van der Waals surface area contributed by atoms with E-state index in [1.807, 2.05) is 30.9 Å². The number of benzene rings is 2. The van der Waals surface area contributed by atoms with Crippen molar-refractivity contribution in [1.29, 1.82) is 0 Å². The van der Waals surface area contributed by atoms with Gasteiger partial charge in [-0.25, -0.2) is 4.79 Å². The van der Waals surface area contributed by atoms with Gasteiger partial charge in [0, 0.05) is 33.2 Å². The lowest BCUT2D eigenvalue weighted by Gasteiger charge is -2.38. The minimum absolute atomic E-state index is 0.0294. The van der Waals surface area contributed by atoms with Crippen LogP contribution >= 0.6 is 34.5 Å². The van der Waals surface area contributed by atoms with Crippen LogP contribution < -0.4 is 10.1 Å². The zero-order valence-electron chi connectivity index (χ0n) is 20.2. The van der Waals surface area contributed by atoms with Crippen molar-refractivity contribution < 1.29 is 14.3 Å². The monoisotopic (exact) mass is 545 g/mol. The molecular weight excluding hydrogens is 517 g/mol. The second-order valence-electron chi connectivity index (χ2n) is 8.74. The van der Waals surface area contributed by atoms with Gasteiger partial charge in [0.1, 0.15) is 18.9 Å². The second-order valence-corrected chi connectivity index (χ2v) is 10.6. The van der Waals surface area contributed by atoms with E-state index in [0.717, 1.165) is 12.0 Å². The molecule has 9 heteroatoms. The molecule has 0 aliphatic carbocycles. The molecular formula is C27H29Cl2N3O3S. The van der Waals surface area contributed by atoms with Crippen molar-refractivity contribution in [2.24, 2.45) is 0 Å². The van der Waals surface area contributed by atoms with Gasteiger partial charge in [-0.1, -0.05) is 36.2 Å². The van der Waals surface area contributed by atoms with Gasteiger partial charge in [-0.15, -0.1) is 11.3 Å². The van der Waals surface area contributed by atoms with Crippen molar-refractivity contribution >= 4 is 52.2 Å². The average molecular weight is 547 g/mol. The molecule has 3 aromatic rings. The lowest BCUT2D eigenvalue weighted by molar-refractivity contribution is -0.135. The highest BCUT2D eigenvalue weighted by Crippen LogP contribution is 2.34. The maximum atomic E-state index is 13.7. The van der Waals surface area contributed by atoms with Gasteiger partial charge in [0.05, 0.1) is 6.04 Å². The summed E-state index contributed by atoms with van der Waals surface area (Å²) in [7, 11) is 0. The number of ether oxygens (including phenoxy) is 1. The molecule has 6 nitrogen and oxygen atoms in total. The van der Waals surface area contributed by atoms with Gasteiger partial charge >= 0.3 is 6.03 Å². The van der Waals surface area contributed by atoms with E-state index in [0.29, 0.717) is 41.1 Å². The zero-order valence-corrected chi connectivity index (χ0v) is 22.6.